The summed E-state index contributed by atoms with van der Waals surface area (Å²) in [7, 11) is 0. The van der Waals surface area contributed by atoms with Gasteiger partial charge in [-0.2, -0.15) is 0 Å². The first-order valence-corrected chi connectivity index (χ1v) is 10.8. The summed E-state index contributed by atoms with van der Waals surface area (Å²) in [6.07, 6.45) is 0. The van der Waals surface area contributed by atoms with Crippen LogP contribution < -0.4 is 0 Å². The smallest absolute Gasteiger partial charge is 0.0184 e. The second-order valence-corrected chi connectivity index (χ2v) is 4.69. The molecule has 0 aliphatic rings. The molecule has 0 spiro atoms. The van der Waals surface area contributed by atoms with E-state index in [4.69, 9.17) is 0 Å². The summed E-state index contributed by atoms with van der Waals surface area (Å²) in [5.74, 6) is 0. The summed E-state index contributed by atoms with van der Waals surface area (Å²) in [6, 6.07) is 33.4. The average Bonchev–Trinajstić information content (AvgIpc) is 2.85. The van der Waals surface area contributed by atoms with E-state index in [1.165, 1.54) is 21.5 Å². The third kappa shape index (κ3) is 10.5. The third-order valence-corrected chi connectivity index (χ3v) is 3.32. The zero-order valence-corrected chi connectivity index (χ0v) is 19.2. The van der Waals surface area contributed by atoms with E-state index in [1.807, 2.05) is 55.4 Å². The van der Waals surface area contributed by atoms with Crippen molar-refractivity contribution >= 4 is 21.5 Å². The van der Waals surface area contributed by atoms with Gasteiger partial charge in [0.15, 0.2) is 0 Å². The molecule has 0 amide bonds. The molecule has 4 aromatic carbocycles. The Hall–Kier alpha value is -2.60. The first-order valence-electron chi connectivity index (χ1n) is 10.8. The van der Waals surface area contributed by atoms with Crippen LogP contribution in [-0.4, -0.2) is 0 Å². The van der Waals surface area contributed by atoms with Crippen molar-refractivity contribution < 1.29 is 0 Å². The normalized spacial score (nSPS) is 8.00. The van der Waals surface area contributed by atoms with Crippen molar-refractivity contribution in [2.45, 2.75) is 55.4 Å². The van der Waals surface area contributed by atoms with Crippen LogP contribution in [0.4, 0.5) is 0 Å². The fourth-order valence-electron chi connectivity index (χ4n) is 2.27. The summed E-state index contributed by atoms with van der Waals surface area (Å²) in [5.41, 5.74) is 0. The number of hydrogen-bond acceptors (Lipinski definition) is 0. The monoisotopic (exact) mass is 376 g/mol. The molecule has 0 radical (unpaired) electrons. The first kappa shape index (κ1) is 27.6. The van der Waals surface area contributed by atoms with Crippen LogP contribution in [0.3, 0.4) is 0 Å². The summed E-state index contributed by atoms with van der Waals surface area (Å²) >= 11 is 0. The van der Waals surface area contributed by atoms with Gasteiger partial charge in [0.05, 0.1) is 0 Å². The van der Waals surface area contributed by atoms with Crippen LogP contribution in [0.15, 0.2) is 97.1 Å². The number of hydrogen-bond donors (Lipinski definition) is 0. The highest BCUT2D eigenvalue weighted by molar-refractivity contribution is 5.82. The predicted octanol–water partition coefficient (Wildman–Crippen LogP) is 9.78. The molecule has 0 aromatic heterocycles. The molecular weight excluding hydrogens is 336 g/mol. The van der Waals surface area contributed by atoms with Crippen LogP contribution in [0, 0.1) is 0 Å². The molecule has 0 heteroatoms. The second kappa shape index (κ2) is 20.7. The number of rotatable bonds is 0. The summed E-state index contributed by atoms with van der Waals surface area (Å²) in [6.45, 7) is 16.0. The van der Waals surface area contributed by atoms with Gasteiger partial charge in [0.1, 0.15) is 0 Å². The highest BCUT2D eigenvalue weighted by Gasteiger charge is 1.86. The fourth-order valence-corrected chi connectivity index (χ4v) is 2.27. The van der Waals surface area contributed by atoms with Crippen molar-refractivity contribution in [1.82, 2.24) is 0 Å². The lowest BCUT2D eigenvalue weighted by molar-refractivity contribution is 1.50. The molecule has 0 atom stereocenters. The van der Waals surface area contributed by atoms with Crippen molar-refractivity contribution in [1.29, 1.82) is 0 Å². The zero-order valence-electron chi connectivity index (χ0n) is 19.2. The van der Waals surface area contributed by atoms with Crippen LogP contribution >= 0.6 is 0 Å². The maximum atomic E-state index is 2.12. The molecule has 0 bridgehead atoms. The molecule has 0 saturated carbocycles. The Labute approximate surface area is 174 Å². The molecule has 28 heavy (non-hydrogen) atoms. The SMILES string of the molecule is CC.CC.CC.CC.c1ccc2ccccc2c1.c1ccc2ccccc2c1. The van der Waals surface area contributed by atoms with Gasteiger partial charge in [-0.05, 0) is 21.5 Å². The Morgan fingerprint density at radius 2 is 0.357 bits per heavy atom. The highest BCUT2D eigenvalue weighted by atomic mass is 13.9. The van der Waals surface area contributed by atoms with Gasteiger partial charge in [0.2, 0.25) is 0 Å². The summed E-state index contributed by atoms with van der Waals surface area (Å²) in [4.78, 5) is 0. The van der Waals surface area contributed by atoms with Crippen LogP contribution in [0.5, 0.6) is 0 Å². The van der Waals surface area contributed by atoms with Gasteiger partial charge in [0, 0.05) is 0 Å². The van der Waals surface area contributed by atoms with Gasteiger partial charge in [-0.25, -0.2) is 0 Å². The second-order valence-electron chi connectivity index (χ2n) is 4.69. The van der Waals surface area contributed by atoms with Gasteiger partial charge in [-0.1, -0.05) is 152 Å². The Morgan fingerprint density at radius 1 is 0.250 bits per heavy atom. The minimum atomic E-state index is 1.31. The van der Waals surface area contributed by atoms with E-state index in [-0.39, 0.29) is 0 Å². The zero-order chi connectivity index (χ0) is 21.6. The molecule has 0 nitrogen and oxygen atoms in total. The van der Waals surface area contributed by atoms with E-state index in [0.717, 1.165) is 0 Å². The average molecular weight is 377 g/mol. The van der Waals surface area contributed by atoms with Crippen molar-refractivity contribution in [3.05, 3.63) is 97.1 Å². The lowest BCUT2D eigenvalue weighted by atomic mass is 10.1. The largest absolute Gasteiger partial charge is 0.0683 e. The standard InChI is InChI=1S/2C10H8.4C2H6/c2*1-2-6-10-8-4-3-7-9(10)5-1;4*1-2/h2*1-8H;4*1-2H3. The lowest BCUT2D eigenvalue weighted by Gasteiger charge is -1.92. The molecule has 0 saturated heterocycles. The maximum absolute atomic E-state index is 2.12. The molecule has 4 aromatic rings. The van der Waals surface area contributed by atoms with Gasteiger partial charge in [0.25, 0.3) is 0 Å². The van der Waals surface area contributed by atoms with Crippen molar-refractivity contribution in [2.75, 3.05) is 0 Å². The highest BCUT2D eigenvalue weighted by Crippen LogP contribution is 2.11. The fraction of sp³-hybridized carbons (Fsp3) is 0.286. The quantitative estimate of drug-likeness (QED) is 0.286. The molecule has 0 unspecified atom stereocenters. The molecule has 0 heterocycles. The van der Waals surface area contributed by atoms with Gasteiger partial charge < -0.3 is 0 Å². The maximum Gasteiger partial charge on any atom is -0.0184 e. The van der Waals surface area contributed by atoms with Gasteiger partial charge in [-0.3, -0.25) is 0 Å². The number of fused-ring (bicyclic) bond motifs is 2. The minimum Gasteiger partial charge on any atom is -0.0683 e. The van der Waals surface area contributed by atoms with Crippen LogP contribution in [0.25, 0.3) is 21.5 Å². The van der Waals surface area contributed by atoms with Crippen LogP contribution in [0.1, 0.15) is 55.4 Å². The Morgan fingerprint density at radius 3 is 0.464 bits per heavy atom. The van der Waals surface area contributed by atoms with Crippen LogP contribution in [0.2, 0.25) is 0 Å². The Kier molecular flexibility index (Phi) is 20.4. The van der Waals surface area contributed by atoms with Gasteiger partial charge >= 0.3 is 0 Å². The Bertz CT molecular complexity index is 613. The van der Waals surface area contributed by atoms with Crippen LogP contribution in [-0.2, 0) is 0 Å². The molecule has 0 fully saturated rings. The predicted molar refractivity (Wildman–Crippen MR) is 133 cm³/mol. The molecule has 0 aliphatic carbocycles. The number of benzene rings is 4. The van der Waals surface area contributed by atoms with E-state index in [2.05, 4.69) is 97.1 Å². The third-order valence-electron chi connectivity index (χ3n) is 3.32. The van der Waals surface area contributed by atoms with E-state index in [9.17, 15) is 0 Å². The van der Waals surface area contributed by atoms with E-state index < -0.39 is 0 Å². The lowest BCUT2D eigenvalue weighted by Crippen LogP contribution is -1.67. The van der Waals surface area contributed by atoms with E-state index in [1.54, 1.807) is 0 Å². The summed E-state index contributed by atoms with van der Waals surface area (Å²) in [5, 5.41) is 5.24. The summed E-state index contributed by atoms with van der Waals surface area (Å²) < 4.78 is 0. The minimum absolute atomic E-state index is 1.31. The van der Waals surface area contributed by atoms with E-state index in [0.29, 0.717) is 0 Å². The Balaban J connectivity index is 0. The van der Waals surface area contributed by atoms with Crippen molar-refractivity contribution in [3.63, 3.8) is 0 Å². The first-order chi connectivity index (χ1) is 13.9. The van der Waals surface area contributed by atoms with Crippen molar-refractivity contribution in [3.8, 4) is 0 Å². The van der Waals surface area contributed by atoms with Crippen molar-refractivity contribution in [2.24, 2.45) is 0 Å². The topological polar surface area (TPSA) is 0 Å². The van der Waals surface area contributed by atoms with E-state index >= 15 is 0 Å². The molecule has 0 N–H and O–H groups in total. The molecule has 152 valence electrons. The molecule has 0 aliphatic heterocycles. The van der Waals surface area contributed by atoms with Gasteiger partial charge in [-0.15, -0.1) is 0 Å². The molecule has 4 rings (SSSR count). The molecular formula is C28H40.